The van der Waals surface area contributed by atoms with E-state index in [1.54, 1.807) is 12.1 Å². The van der Waals surface area contributed by atoms with Crippen molar-refractivity contribution in [3.05, 3.63) is 34.6 Å². The van der Waals surface area contributed by atoms with Crippen LogP contribution in [0.3, 0.4) is 0 Å². The molecule has 0 bridgehead atoms. The minimum Gasteiger partial charge on any atom is -0.207 e. The summed E-state index contributed by atoms with van der Waals surface area (Å²) in [5, 5.41) is 0.637. The molecule has 1 saturated carbocycles. The summed E-state index contributed by atoms with van der Waals surface area (Å²) < 4.78 is 13.7. The smallest absolute Gasteiger partial charge is 0.127 e. The van der Waals surface area contributed by atoms with Gasteiger partial charge in [-0.3, -0.25) is 0 Å². The minimum absolute atomic E-state index is 0.00671. The number of halogens is 2. The van der Waals surface area contributed by atoms with E-state index < -0.39 is 0 Å². The molecule has 1 aromatic rings. The van der Waals surface area contributed by atoms with Crippen LogP contribution in [0.25, 0.3) is 0 Å². The molecule has 2 rings (SSSR count). The van der Waals surface area contributed by atoms with Gasteiger partial charge in [-0.05, 0) is 42.0 Å². The third-order valence-corrected chi connectivity index (χ3v) is 3.77. The van der Waals surface area contributed by atoms with E-state index in [4.69, 9.17) is 11.6 Å². The maximum Gasteiger partial charge on any atom is 0.127 e. The minimum atomic E-state index is -0.108. The fourth-order valence-electron chi connectivity index (χ4n) is 2.56. The third-order valence-electron chi connectivity index (χ3n) is 3.54. The molecule has 82 valence electrons. The highest BCUT2D eigenvalue weighted by Crippen LogP contribution is 2.40. The summed E-state index contributed by atoms with van der Waals surface area (Å²) in [6.45, 7) is 2.15. The lowest BCUT2D eigenvalue weighted by molar-refractivity contribution is 0.309. The van der Waals surface area contributed by atoms with Crippen molar-refractivity contribution in [2.45, 2.75) is 44.4 Å². The lowest BCUT2D eigenvalue weighted by atomic mass is 9.71. The van der Waals surface area contributed by atoms with Gasteiger partial charge in [0.15, 0.2) is 0 Å². The summed E-state index contributed by atoms with van der Waals surface area (Å²) >= 11 is 5.93. The number of benzene rings is 1. The molecule has 0 aromatic heterocycles. The summed E-state index contributed by atoms with van der Waals surface area (Å²) in [5.41, 5.74) is 0.794. The van der Waals surface area contributed by atoms with Gasteiger partial charge in [0.2, 0.25) is 0 Å². The van der Waals surface area contributed by atoms with Gasteiger partial charge < -0.3 is 0 Å². The standard InChI is InChI=1S/C13H16ClF/c1-13(7-3-2-4-8-13)11-9-10(14)5-6-12(11)15/h5-6,9H,2-4,7-8H2,1H3. The molecule has 2 heteroatoms. The predicted octanol–water partition coefficient (Wildman–Crippen LogP) is 4.70. The normalized spacial score (nSPS) is 20.2. The highest BCUT2D eigenvalue weighted by molar-refractivity contribution is 6.30. The molecule has 0 saturated heterocycles. The Labute approximate surface area is 95.4 Å². The molecule has 0 heterocycles. The van der Waals surface area contributed by atoms with Crippen molar-refractivity contribution in [3.63, 3.8) is 0 Å². The second kappa shape index (κ2) is 4.13. The van der Waals surface area contributed by atoms with Crippen LogP contribution in [0, 0.1) is 5.82 Å². The topological polar surface area (TPSA) is 0 Å². The van der Waals surface area contributed by atoms with Gasteiger partial charge >= 0.3 is 0 Å². The monoisotopic (exact) mass is 226 g/mol. The molecule has 0 radical (unpaired) electrons. The summed E-state index contributed by atoms with van der Waals surface area (Å²) in [5.74, 6) is -0.108. The van der Waals surface area contributed by atoms with E-state index >= 15 is 0 Å². The largest absolute Gasteiger partial charge is 0.207 e. The fraction of sp³-hybridized carbons (Fsp3) is 0.538. The average Bonchev–Trinajstić information content (AvgIpc) is 2.23. The molecular formula is C13H16ClF. The van der Waals surface area contributed by atoms with E-state index in [0.717, 1.165) is 18.4 Å². The Kier molecular flexibility index (Phi) is 3.01. The SMILES string of the molecule is CC1(c2cc(Cl)ccc2F)CCCCC1. The second-order valence-electron chi connectivity index (χ2n) is 4.75. The summed E-state index contributed by atoms with van der Waals surface area (Å²) in [4.78, 5) is 0. The Hall–Kier alpha value is -0.560. The first-order valence-electron chi connectivity index (χ1n) is 5.57. The summed E-state index contributed by atoms with van der Waals surface area (Å²) in [6.07, 6.45) is 5.82. The molecule has 0 spiro atoms. The van der Waals surface area contributed by atoms with Crippen LogP contribution >= 0.6 is 11.6 Å². The van der Waals surface area contributed by atoms with Gasteiger partial charge in [0.1, 0.15) is 5.82 Å². The van der Waals surface area contributed by atoms with E-state index in [-0.39, 0.29) is 11.2 Å². The van der Waals surface area contributed by atoms with Gasteiger partial charge in [-0.1, -0.05) is 37.8 Å². The highest BCUT2D eigenvalue weighted by atomic mass is 35.5. The fourth-order valence-corrected chi connectivity index (χ4v) is 2.73. The van der Waals surface area contributed by atoms with Crippen LogP contribution in [-0.4, -0.2) is 0 Å². The number of hydrogen-bond donors (Lipinski definition) is 0. The van der Waals surface area contributed by atoms with Gasteiger partial charge in [-0.25, -0.2) is 4.39 Å². The number of hydrogen-bond acceptors (Lipinski definition) is 0. The van der Waals surface area contributed by atoms with Crippen LogP contribution in [0.15, 0.2) is 18.2 Å². The van der Waals surface area contributed by atoms with Crippen molar-refractivity contribution < 1.29 is 4.39 Å². The molecule has 0 atom stereocenters. The number of rotatable bonds is 1. The van der Waals surface area contributed by atoms with Crippen molar-refractivity contribution in [2.75, 3.05) is 0 Å². The second-order valence-corrected chi connectivity index (χ2v) is 5.18. The van der Waals surface area contributed by atoms with Gasteiger partial charge in [-0.2, -0.15) is 0 Å². The quantitative estimate of drug-likeness (QED) is 0.651. The molecule has 0 nitrogen and oxygen atoms in total. The van der Waals surface area contributed by atoms with E-state index in [1.165, 1.54) is 25.3 Å². The molecule has 0 unspecified atom stereocenters. The van der Waals surface area contributed by atoms with Crippen molar-refractivity contribution in [1.29, 1.82) is 0 Å². The highest BCUT2D eigenvalue weighted by Gasteiger charge is 2.31. The van der Waals surface area contributed by atoms with E-state index in [1.807, 2.05) is 0 Å². The molecule has 15 heavy (non-hydrogen) atoms. The van der Waals surface area contributed by atoms with Crippen LogP contribution in [0.2, 0.25) is 5.02 Å². The van der Waals surface area contributed by atoms with Gasteiger partial charge in [0.25, 0.3) is 0 Å². The van der Waals surface area contributed by atoms with Gasteiger partial charge in [-0.15, -0.1) is 0 Å². The molecule has 1 aliphatic rings. The zero-order chi connectivity index (χ0) is 10.9. The zero-order valence-corrected chi connectivity index (χ0v) is 9.78. The average molecular weight is 227 g/mol. The van der Waals surface area contributed by atoms with Crippen molar-refractivity contribution >= 4 is 11.6 Å². The Morgan fingerprint density at radius 2 is 1.87 bits per heavy atom. The molecule has 0 aliphatic heterocycles. The lowest BCUT2D eigenvalue weighted by Crippen LogP contribution is -2.26. The van der Waals surface area contributed by atoms with E-state index in [2.05, 4.69) is 6.92 Å². The molecule has 0 amide bonds. The lowest BCUT2D eigenvalue weighted by Gasteiger charge is -2.34. The summed E-state index contributed by atoms with van der Waals surface area (Å²) in [6, 6.07) is 4.90. The Balaban J connectivity index is 2.38. The molecule has 1 aromatic carbocycles. The molecule has 1 aliphatic carbocycles. The Morgan fingerprint density at radius 1 is 1.20 bits per heavy atom. The summed E-state index contributed by atoms with van der Waals surface area (Å²) in [7, 11) is 0. The maximum atomic E-state index is 13.7. The Morgan fingerprint density at radius 3 is 2.53 bits per heavy atom. The Bertz CT molecular complexity index is 354. The first-order chi connectivity index (χ1) is 7.12. The van der Waals surface area contributed by atoms with Crippen molar-refractivity contribution in [1.82, 2.24) is 0 Å². The predicted molar refractivity (Wildman–Crippen MR) is 61.8 cm³/mol. The van der Waals surface area contributed by atoms with E-state index in [9.17, 15) is 4.39 Å². The van der Waals surface area contributed by atoms with E-state index in [0.29, 0.717) is 5.02 Å². The maximum absolute atomic E-state index is 13.7. The van der Waals surface area contributed by atoms with Crippen LogP contribution in [0.1, 0.15) is 44.6 Å². The van der Waals surface area contributed by atoms with Gasteiger partial charge in [0.05, 0.1) is 0 Å². The van der Waals surface area contributed by atoms with Crippen LogP contribution < -0.4 is 0 Å². The first kappa shape index (κ1) is 10.9. The van der Waals surface area contributed by atoms with Crippen molar-refractivity contribution in [3.8, 4) is 0 Å². The molecular weight excluding hydrogens is 211 g/mol. The van der Waals surface area contributed by atoms with Crippen LogP contribution in [0.5, 0.6) is 0 Å². The zero-order valence-electron chi connectivity index (χ0n) is 9.02. The first-order valence-corrected chi connectivity index (χ1v) is 5.95. The van der Waals surface area contributed by atoms with Gasteiger partial charge in [0, 0.05) is 5.02 Å². The van der Waals surface area contributed by atoms with Crippen LogP contribution in [0.4, 0.5) is 4.39 Å². The molecule has 0 N–H and O–H groups in total. The van der Waals surface area contributed by atoms with Crippen molar-refractivity contribution in [2.24, 2.45) is 0 Å². The third kappa shape index (κ3) is 2.17. The van der Waals surface area contributed by atoms with Crippen LogP contribution in [-0.2, 0) is 5.41 Å². The molecule has 1 fully saturated rings.